The molecule has 1 aliphatic heterocycles. The van der Waals surface area contributed by atoms with Crippen molar-refractivity contribution in [3.63, 3.8) is 0 Å². The molecule has 1 N–H and O–H groups in total. The standard InChI is InChI=1S/C30H28F2N4O4S/c1-3-39-30(38)27(34-17-37)16-41-28-22-5-4-10-33-29(22)36(2)14-19-7-9-21(12-23(19)28)40-15-20-8-6-18-11-24(31)25(32)13-26(18)35-20/h4-13,17,27-28H,3,14-16H2,1-2H3,(H,34,37)/t27-,28?/m0/s1. The van der Waals surface area contributed by atoms with Gasteiger partial charge >= 0.3 is 5.97 Å². The Labute approximate surface area is 240 Å². The van der Waals surface area contributed by atoms with Crippen LogP contribution in [0.15, 0.2) is 60.8 Å². The predicted octanol–water partition coefficient (Wildman–Crippen LogP) is 4.94. The second-order valence-corrected chi connectivity index (χ2v) is 10.6. The number of pyridine rings is 2. The van der Waals surface area contributed by atoms with Crippen LogP contribution in [0.3, 0.4) is 0 Å². The van der Waals surface area contributed by atoms with Crippen LogP contribution in [0.4, 0.5) is 14.6 Å². The summed E-state index contributed by atoms with van der Waals surface area (Å²) >= 11 is 1.50. The highest BCUT2D eigenvalue weighted by atomic mass is 32.2. The predicted molar refractivity (Wildman–Crippen MR) is 153 cm³/mol. The van der Waals surface area contributed by atoms with Gasteiger partial charge in [0.05, 0.1) is 23.1 Å². The number of rotatable bonds is 10. The van der Waals surface area contributed by atoms with Gasteiger partial charge in [0.2, 0.25) is 6.41 Å². The van der Waals surface area contributed by atoms with Crippen molar-refractivity contribution in [3.05, 3.63) is 94.8 Å². The van der Waals surface area contributed by atoms with Gasteiger partial charge < -0.3 is 19.7 Å². The smallest absolute Gasteiger partial charge is 0.329 e. The third-order valence-corrected chi connectivity index (χ3v) is 8.08. The molecule has 3 heterocycles. The van der Waals surface area contributed by atoms with Crippen LogP contribution in [0.1, 0.15) is 34.6 Å². The second-order valence-electron chi connectivity index (χ2n) is 9.49. The summed E-state index contributed by atoms with van der Waals surface area (Å²) in [5.74, 6) is -0.659. The quantitative estimate of drug-likeness (QED) is 0.209. The number of carbonyl (C=O) groups is 2. The number of amides is 1. The van der Waals surface area contributed by atoms with Crippen molar-refractivity contribution in [2.24, 2.45) is 0 Å². The fourth-order valence-corrected chi connectivity index (χ4v) is 6.14. The summed E-state index contributed by atoms with van der Waals surface area (Å²) in [7, 11) is 1.97. The van der Waals surface area contributed by atoms with Crippen molar-refractivity contribution in [1.29, 1.82) is 0 Å². The first-order valence-electron chi connectivity index (χ1n) is 13.0. The Balaban J connectivity index is 1.43. The number of anilines is 1. The van der Waals surface area contributed by atoms with Crippen molar-refractivity contribution in [1.82, 2.24) is 15.3 Å². The molecule has 1 unspecified atom stereocenters. The molecule has 1 aliphatic rings. The van der Waals surface area contributed by atoms with E-state index in [-0.39, 0.29) is 24.2 Å². The van der Waals surface area contributed by atoms with E-state index < -0.39 is 23.6 Å². The van der Waals surface area contributed by atoms with Crippen LogP contribution in [-0.4, -0.2) is 47.8 Å². The maximum absolute atomic E-state index is 13.7. The molecule has 0 radical (unpaired) electrons. The normalized spacial score (nSPS) is 14.9. The SMILES string of the molecule is CCOC(=O)[C@H](CSC1c2cc(OCc3ccc4cc(F)c(F)cc4n3)ccc2CN(C)c2ncccc21)NC=O. The monoisotopic (exact) mass is 578 g/mol. The zero-order valence-corrected chi connectivity index (χ0v) is 23.3. The lowest BCUT2D eigenvalue weighted by Gasteiger charge is -2.22. The van der Waals surface area contributed by atoms with Crippen molar-refractivity contribution in [3.8, 4) is 5.75 Å². The number of hydrogen-bond donors (Lipinski definition) is 1. The Hall–Kier alpha value is -4.25. The largest absolute Gasteiger partial charge is 0.487 e. The maximum Gasteiger partial charge on any atom is 0.329 e. The van der Waals surface area contributed by atoms with E-state index in [1.165, 1.54) is 11.8 Å². The molecule has 0 fully saturated rings. The first-order valence-corrected chi connectivity index (χ1v) is 14.1. The van der Waals surface area contributed by atoms with Crippen LogP contribution in [-0.2, 0) is 27.5 Å². The molecule has 2 atom stereocenters. The average molecular weight is 579 g/mol. The minimum atomic E-state index is -0.953. The third kappa shape index (κ3) is 6.25. The number of carbonyl (C=O) groups excluding carboxylic acids is 2. The van der Waals surface area contributed by atoms with Crippen LogP contribution in [0.2, 0.25) is 0 Å². The van der Waals surface area contributed by atoms with E-state index in [0.29, 0.717) is 35.3 Å². The van der Waals surface area contributed by atoms with Crippen molar-refractivity contribution in [2.75, 3.05) is 24.3 Å². The number of nitrogens with zero attached hydrogens (tertiary/aromatic N) is 3. The summed E-state index contributed by atoms with van der Waals surface area (Å²) < 4.78 is 38.5. The van der Waals surface area contributed by atoms with Gasteiger partial charge in [0, 0.05) is 42.6 Å². The molecule has 2 aromatic heterocycles. The number of aromatic nitrogens is 2. The van der Waals surface area contributed by atoms with E-state index in [1.54, 1.807) is 25.3 Å². The maximum atomic E-state index is 13.7. The minimum absolute atomic E-state index is 0.123. The van der Waals surface area contributed by atoms with Gasteiger partial charge in [-0.15, -0.1) is 11.8 Å². The topological polar surface area (TPSA) is 93.7 Å². The summed E-state index contributed by atoms with van der Waals surface area (Å²) in [5, 5.41) is 2.85. The Morgan fingerprint density at radius 2 is 2.00 bits per heavy atom. The Bertz CT molecular complexity index is 1590. The number of nitrogens with one attached hydrogen (secondary N) is 1. The molecule has 1 amide bonds. The van der Waals surface area contributed by atoms with E-state index in [1.807, 2.05) is 37.4 Å². The van der Waals surface area contributed by atoms with E-state index in [9.17, 15) is 18.4 Å². The minimum Gasteiger partial charge on any atom is -0.487 e. The fourth-order valence-electron chi connectivity index (χ4n) is 4.76. The molecule has 0 spiro atoms. The van der Waals surface area contributed by atoms with E-state index in [2.05, 4.69) is 20.2 Å². The van der Waals surface area contributed by atoms with Crippen LogP contribution in [0.25, 0.3) is 10.9 Å². The van der Waals surface area contributed by atoms with Crippen molar-refractivity contribution >= 4 is 40.9 Å². The van der Waals surface area contributed by atoms with Gasteiger partial charge in [-0.25, -0.2) is 23.5 Å². The fraction of sp³-hybridized carbons (Fsp3) is 0.267. The molecule has 212 valence electrons. The van der Waals surface area contributed by atoms with Gasteiger partial charge in [0.1, 0.15) is 24.2 Å². The summed E-state index contributed by atoms with van der Waals surface area (Å²) in [4.78, 5) is 34.8. The lowest BCUT2D eigenvalue weighted by atomic mass is 10.0. The first-order chi connectivity index (χ1) is 19.9. The molecular weight excluding hydrogens is 550 g/mol. The van der Waals surface area contributed by atoms with Crippen LogP contribution < -0.4 is 15.0 Å². The molecule has 0 saturated heterocycles. The molecule has 11 heteroatoms. The molecule has 0 saturated carbocycles. The Kier molecular flexibility index (Phi) is 8.63. The van der Waals surface area contributed by atoms with E-state index in [0.717, 1.165) is 34.6 Å². The number of fused-ring (bicyclic) bond motifs is 3. The molecule has 0 aliphatic carbocycles. The molecule has 5 rings (SSSR count). The molecule has 4 aromatic rings. The number of benzene rings is 2. The van der Waals surface area contributed by atoms with Gasteiger partial charge in [-0.2, -0.15) is 0 Å². The molecule has 8 nitrogen and oxygen atoms in total. The summed E-state index contributed by atoms with van der Waals surface area (Å²) in [5.41, 5.74) is 3.93. The number of hydrogen-bond acceptors (Lipinski definition) is 8. The second kappa shape index (κ2) is 12.5. The van der Waals surface area contributed by atoms with Gasteiger partial charge in [0.25, 0.3) is 0 Å². The van der Waals surface area contributed by atoms with Crippen LogP contribution in [0, 0.1) is 11.6 Å². The summed E-state index contributed by atoms with van der Waals surface area (Å²) in [6, 6.07) is 14.5. The zero-order valence-electron chi connectivity index (χ0n) is 22.5. The third-order valence-electron chi connectivity index (χ3n) is 6.71. The van der Waals surface area contributed by atoms with Gasteiger partial charge in [0.15, 0.2) is 11.6 Å². The highest BCUT2D eigenvalue weighted by Gasteiger charge is 2.30. The van der Waals surface area contributed by atoms with Gasteiger partial charge in [-0.05, 0) is 48.4 Å². The average Bonchev–Trinajstić information content (AvgIpc) is 3.08. The summed E-state index contributed by atoms with van der Waals surface area (Å²) in [6.45, 7) is 2.66. The Morgan fingerprint density at radius 3 is 2.80 bits per heavy atom. The van der Waals surface area contributed by atoms with Crippen molar-refractivity contribution in [2.45, 2.75) is 31.4 Å². The van der Waals surface area contributed by atoms with Crippen LogP contribution >= 0.6 is 11.8 Å². The summed E-state index contributed by atoms with van der Waals surface area (Å²) in [6.07, 6.45) is 2.25. The highest BCUT2D eigenvalue weighted by Crippen LogP contribution is 2.45. The highest BCUT2D eigenvalue weighted by molar-refractivity contribution is 7.99. The van der Waals surface area contributed by atoms with Gasteiger partial charge in [-0.3, -0.25) is 4.79 Å². The number of esters is 1. The zero-order chi connectivity index (χ0) is 28.9. The van der Waals surface area contributed by atoms with E-state index in [4.69, 9.17) is 9.47 Å². The molecule has 41 heavy (non-hydrogen) atoms. The van der Waals surface area contributed by atoms with Gasteiger partial charge in [-0.1, -0.05) is 18.2 Å². The lowest BCUT2D eigenvalue weighted by molar-refractivity contribution is -0.145. The Morgan fingerprint density at radius 1 is 1.17 bits per heavy atom. The van der Waals surface area contributed by atoms with Crippen molar-refractivity contribution < 1.29 is 27.8 Å². The number of ether oxygens (including phenoxy) is 2. The lowest BCUT2D eigenvalue weighted by Crippen LogP contribution is -2.39. The number of halogens is 2. The van der Waals surface area contributed by atoms with E-state index >= 15 is 0 Å². The first kappa shape index (κ1) is 28.3. The number of thioether (sulfide) groups is 1. The van der Waals surface area contributed by atoms with Crippen LogP contribution in [0.5, 0.6) is 5.75 Å². The molecular formula is C30H28F2N4O4S. The molecule has 0 bridgehead atoms. The molecule has 2 aromatic carbocycles.